The number of aliphatic carboxylic acids is 1. The second-order valence-electron chi connectivity index (χ2n) is 4.52. The number of rotatable bonds is 5. The first kappa shape index (κ1) is 14.4. The highest BCUT2D eigenvalue weighted by Crippen LogP contribution is 2.40. The maximum absolute atomic E-state index is 11.2. The first-order valence-electron chi connectivity index (χ1n) is 5.91. The molecule has 0 heterocycles. The Bertz CT molecular complexity index is 438. The van der Waals surface area contributed by atoms with Gasteiger partial charge in [-0.05, 0) is 24.5 Å². The van der Waals surface area contributed by atoms with E-state index < -0.39 is 11.9 Å². The van der Waals surface area contributed by atoms with E-state index in [2.05, 4.69) is 0 Å². The van der Waals surface area contributed by atoms with E-state index in [1.807, 2.05) is 26.0 Å². The highest BCUT2D eigenvalue weighted by atomic mass is 16.5. The van der Waals surface area contributed by atoms with Crippen LogP contribution in [0.15, 0.2) is 12.1 Å². The van der Waals surface area contributed by atoms with E-state index in [0.717, 1.165) is 5.56 Å². The summed E-state index contributed by atoms with van der Waals surface area (Å²) in [6.07, 6.45) is 0. The fraction of sp³-hybridized carbons (Fsp3) is 0.500. The predicted molar refractivity (Wildman–Crippen MR) is 69.7 cm³/mol. The predicted octanol–water partition coefficient (Wildman–Crippen LogP) is 3.02. The van der Waals surface area contributed by atoms with Gasteiger partial charge in [-0.25, -0.2) is 0 Å². The van der Waals surface area contributed by atoms with Gasteiger partial charge in [-0.15, -0.1) is 0 Å². The lowest BCUT2D eigenvalue weighted by molar-refractivity contribution is -0.138. The van der Waals surface area contributed by atoms with Gasteiger partial charge in [0.15, 0.2) is 11.5 Å². The summed E-state index contributed by atoms with van der Waals surface area (Å²) < 4.78 is 10.6. The molecule has 1 N–H and O–H groups in total. The lowest BCUT2D eigenvalue weighted by Gasteiger charge is -2.21. The van der Waals surface area contributed by atoms with Gasteiger partial charge in [-0.3, -0.25) is 4.79 Å². The summed E-state index contributed by atoms with van der Waals surface area (Å²) in [6, 6.07) is 3.72. The van der Waals surface area contributed by atoms with Crippen molar-refractivity contribution in [2.75, 3.05) is 14.2 Å². The van der Waals surface area contributed by atoms with Gasteiger partial charge in [0.1, 0.15) is 0 Å². The quantitative estimate of drug-likeness (QED) is 0.875. The van der Waals surface area contributed by atoms with E-state index >= 15 is 0 Å². The van der Waals surface area contributed by atoms with Crippen molar-refractivity contribution in [3.8, 4) is 11.5 Å². The molecule has 18 heavy (non-hydrogen) atoms. The second-order valence-corrected chi connectivity index (χ2v) is 4.52. The molecule has 1 rings (SSSR count). The number of hydrogen-bond donors (Lipinski definition) is 1. The standard InChI is InChI=1S/C14H20O4/c1-8(2)10-6-7-11(17-4)13(18-5)12(10)9(3)14(15)16/h6-9H,1-5H3,(H,15,16). The van der Waals surface area contributed by atoms with Crippen molar-refractivity contribution in [3.63, 3.8) is 0 Å². The van der Waals surface area contributed by atoms with E-state index in [-0.39, 0.29) is 5.92 Å². The molecule has 0 aliphatic heterocycles. The summed E-state index contributed by atoms with van der Waals surface area (Å²) in [5.41, 5.74) is 1.67. The van der Waals surface area contributed by atoms with Crippen LogP contribution < -0.4 is 9.47 Å². The number of carbonyl (C=O) groups is 1. The Morgan fingerprint density at radius 2 is 1.78 bits per heavy atom. The van der Waals surface area contributed by atoms with Gasteiger partial charge in [0.25, 0.3) is 0 Å². The minimum atomic E-state index is -0.872. The van der Waals surface area contributed by atoms with Crippen LogP contribution in [-0.4, -0.2) is 25.3 Å². The van der Waals surface area contributed by atoms with Crippen LogP contribution in [0, 0.1) is 0 Å². The Kier molecular flexibility index (Phi) is 4.59. The van der Waals surface area contributed by atoms with Crippen LogP contribution in [0.5, 0.6) is 11.5 Å². The SMILES string of the molecule is COc1ccc(C(C)C)c(C(C)C(=O)O)c1OC. The third-order valence-corrected chi connectivity index (χ3v) is 3.04. The van der Waals surface area contributed by atoms with Crippen LogP contribution in [0.2, 0.25) is 0 Å². The molecule has 0 fully saturated rings. The molecule has 4 heteroatoms. The topological polar surface area (TPSA) is 55.8 Å². The van der Waals surface area contributed by atoms with E-state index in [1.165, 1.54) is 7.11 Å². The number of carboxylic acids is 1. The minimum absolute atomic E-state index is 0.224. The number of carboxylic acid groups (broad SMARTS) is 1. The van der Waals surface area contributed by atoms with Crippen LogP contribution in [0.25, 0.3) is 0 Å². The second kappa shape index (κ2) is 5.76. The lowest BCUT2D eigenvalue weighted by Crippen LogP contribution is -2.13. The van der Waals surface area contributed by atoms with Crippen LogP contribution >= 0.6 is 0 Å². The number of methoxy groups -OCH3 is 2. The Morgan fingerprint density at radius 1 is 1.17 bits per heavy atom. The molecule has 0 bridgehead atoms. The van der Waals surface area contributed by atoms with Crippen LogP contribution in [0.1, 0.15) is 43.7 Å². The Morgan fingerprint density at radius 3 is 2.17 bits per heavy atom. The fourth-order valence-electron chi connectivity index (χ4n) is 2.04. The van der Waals surface area contributed by atoms with E-state index in [1.54, 1.807) is 14.0 Å². The summed E-state index contributed by atoms with van der Waals surface area (Å²) in [5.74, 6) is -0.207. The molecular weight excluding hydrogens is 232 g/mol. The molecule has 0 saturated heterocycles. The van der Waals surface area contributed by atoms with Gasteiger partial charge in [-0.2, -0.15) is 0 Å². The summed E-state index contributed by atoms with van der Waals surface area (Å²) >= 11 is 0. The summed E-state index contributed by atoms with van der Waals surface area (Å²) in [4.78, 5) is 11.2. The minimum Gasteiger partial charge on any atom is -0.493 e. The van der Waals surface area contributed by atoms with Crippen molar-refractivity contribution in [2.45, 2.75) is 32.6 Å². The average molecular weight is 252 g/mol. The van der Waals surface area contributed by atoms with E-state index in [4.69, 9.17) is 9.47 Å². The highest BCUT2D eigenvalue weighted by molar-refractivity contribution is 5.78. The van der Waals surface area contributed by atoms with Crippen molar-refractivity contribution in [3.05, 3.63) is 23.3 Å². The van der Waals surface area contributed by atoms with Gasteiger partial charge in [-0.1, -0.05) is 19.9 Å². The van der Waals surface area contributed by atoms with E-state index in [9.17, 15) is 9.90 Å². The maximum atomic E-state index is 11.2. The molecule has 1 aromatic carbocycles. The van der Waals surface area contributed by atoms with Gasteiger partial charge >= 0.3 is 5.97 Å². The highest BCUT2D eigenvalue weighted by Gasteiger charge is 2.25. The largest absolute Gasteiger partial charge is 0.493 e. The third kappa shape index (κ3) is 2.58. The van der Waals surface area contributed by atoms with Crippen molar-refractivity contribution in [1.29, 1.82) is 0 Å². The number of hydrogen-bond acceptors (Lipinski definition) is 3. The van der Waals surface area contributed by atoms with E-state index in [0.29, 0.717) is 17.1 Å². The molecule has 1 atom stereocenters. The molecule has 0 spiro atoms. The monoisotopic (exact) mass is 252 g/mol. The third-order valence-electron chi connectivity index (χ3n) is 3.04. The average Bonchev–Trinajstić information content (AvgIpc) is 2.35. The maximum Gasteiger partial charge on any atom is 0.310 e. The number of ether oxygens (including phenoxy) is 2. The smallest absolute Gasteiger partial charge is 0.310 e. The van der Waals surface area contributed by atoms with Crippen LogP contribution in [0.3, 0.4) is 0 Å². The van der Waals surface area contributed by atoms with Gasteiger partial charge in [0.05, 0.1) is 20.1 Å². The Hall–Kier alpha value is -1.71. The first-order chi connectivity index (χ1) is 8.43. The molecule has 0 saturated carbocycles. The van der Waals surface area contributed by atoms with Crippen molar-refractivity contribution >= 4 is 5.97 Å². The molecule has 0 aliphatic rings. The zero-order chi connectivity index (χ0) is 13.9. The molecule has 1 aromatic rings. The molecule has 0 aromatic heterocycles. The van der Waals surface area contributed by atoms with Crippen molar-refractivity contribution in [1.82, 2.24) is 0 Å². The molecular formula is C14H20O4. The Balaban J connectivity index is 3.52. The number of benzene rings is 1. The zero-order valence-corrected chi connectivity index (χ0v) is 11.5. The summed E-state index contributed by atoms with van der Waals surface area (Å²) in [6.45, 7) is 5.71. The molecule has 4 nitrogen and oxygen atoms in total. The summed E-state index contributed by atoms with van der Waals surface area (Å²) in [5, 5.41) is 9.23. The zero-order valence-electron chi connectivity index (χ0n) is 11.5. The van der Waals surface area contributed by atoms with Crippen molar-refractivity contribution in [2.24, 2.45) is 0 Å². The summed E-state index contributed by atoms with van der Waals surface area (Å²) in [7, 11) is 3.07. The van der Waals surface area contributed by atoms with Gasteiger partial charge in [0.2, 0.25) is 0 Å². The Labute approximate surface area is 108 Å². The molecule has 0 radical (unpaired) electrons. The molecule has 1 unspecified atom stereocenters. The first-order valence-corrected chi connectivity index (χ1v) is 5.91. The fourth-order valence-corrected chi connectivity index (χ4v) is 2.04. The molecule has 0 aliphatic carbocycles. The normalized spacial score (nSPS) is 12.3. The van der Waals surface area contributed by atoms with Gasteiger partial charge in [0, 0.05) is 5.56 Å². The van der Waals surface area contributed by atoms with Crippen molar-refractivity contribution < 1.29 is 19.4 Å². The van der Waals surface area contributed by atoms with Gasteiger partial charge < -0.3 is 14.6 Å². The lowest BCUT2D eigenvalue weighted by atomic mass is 9.88. The van der Waals surface area contributed by atoms with Crippen LogP contribution in [0.4, 0.5) is 0 Å². The molecule has 0 amide bonds. The molecule has 100 valence electrons. The van der Waals surface area contributed by atoms with Crippen LogP contribution in [-0.2, 0) is 4.79 Å².